The van der Waals surface area contributed by atoms with E-state index in [9.17, 15) is 14.4 Å². The third-order valence-corrected chi connectivity index (χ3v) is 6.17. The van der Waals surface area contributed by atoms with E-state index in [1.807, 2.05) is 6.92 Å². The number of esters is 2. The molecule has 1 heterocycles. The SMILES string of the molecule is CCC[C@H](N[C@@H](C)C(=O)N1[C@H](C(=O)OCC(C)(C)N)C[C@@H]2CCCC[C@@H]21)C(=O)OCC. The second kappa shape index (κ2) is 11.3. The Morgan fingerprint density at radius 1 is 1.16 bits per heavy atom. The van der Waals surface area contributed by atoms with E-state index in [2.05, 4.69) is 5.32 Å². The second-order valence-corrected chi connectivity index (χ2v) is 9.69. The Morgan fingerprint density at radius 3 is 2.45 bits per heavy atom. The van der Waals surface area contributed by atoms with Gasteiger partial charge in [-0.25, -0.2) is 4.79 Å². The lowest BCUT2D eigenvalue weighted by Gasteiger charge is -2.36. The highest BCUT2D eigenvalue weighted by Gasteiger charge is 2.49. The number of amides is 1. The van der Waals surface area contributed by atoms with Crippen molar-refractivity contribution in [2.75, 3.05) is 13.2 Å². The molecule has 0 aromatic heterocycles. The zero-order valence-electron chi connectivity index (χ0n) is 19.8. The summed E-state index contributed by atoms with van der Waals surface area (Å²) in [6.45, 7) is 9.50. The standard InChI is InChI=1S/C23H41N3O5/c1-6-10-17(21(28)30-7-2)25-15(3)20(27)26-18-12-9-8-11-16(18)13-19(26)22(29)31-14-23(4,5)24/h15-19,25H,6-14,24H2,1-5H3/t15-,16-,17-,18-,19-/m0/s1. The molecule has 0 radical (unpaired) electrons. The fraction of sp³-hybridized carbons (Fsp3) is 0.870. The number of fused-ring (bicyclic) bond motifs is 1. The molecule has 1 amide bonds. The number of nitrogens with two attached hydrogens (primary N) is 1. The third kappa shape index (κ3) is 6.91. The normalized spacial score (nSPS) is 25.5. The first-order valence-corrected chi connectivity index (χ1v) is 11.8. The van der Waals surface area contributed by atoms with Crippen molar-refractivity contribution in [2.24, 2.45) is 11.7 Å². The first-order chi connectivity index (χ1) is 14.6. The van der Waals surface area contributed by atoms with Crippen molar-refractivity contribution in [2.45, 2.75) is 109 Å². The summed E-state index contributed by atoms with van der Waals surface area (Å²) in [4.78, 5) is 40.5. The highest BCUT2D eigenvalue weighted by molar-refractivity contribution is 5.89. The molecule has 2 fully saturated rings. The maximum atomic E-state index is 13.5. The summed E-state index contributed by atoms with van der Waals surface area (Å²) in [6, 6.07) is -1.71. The van der Waals surface area contributed by atoms with Gasteiger partial charge in [-0.15, -0.1) is 0 Å². The van der Waals surface area contributed by atoms with Crippen molar-refractivity contribution < 1.29 is 23.9 Å². The Hall–Kier alpha value is -1.67. The maximum absolute atomic E-state index is 13.5. The van der Waals surface area contributed by atoms with Crippen LogP contribution in [0.25, 0.3) is 0 Å². The Morgan fingerprint density at radius 2 is 1.84 bits per heavy atom. The monoisotopic (exact) mass is 439 g/mol. The molecule has 2 rings (SSSR count). The number of nitrogens with one attached hydrogen (secondary N) is 1. The van der Waals surface area contributed by atoms with Gasteiger partial charge in [-0.1, -0.05) is 26.2 Å². The van der Waals surface area contributed by atoms with Crippen LogP contribution in [0.4, 0.5) is 0 Å². The third-order valence-electron chi connectivity index (χ3n) is 6.17. The van der Waals surface area contributed by atoms with Gasteiger partial charge in [0.2, 0.25) is 5.91 Å². The molecule has 8 nitrogen and oxygen atoms in total. The van der Waals surface area contributed by atoms with Crippen LogP contribution in [0.1, 0.15) is 79.6 Å². The first-order valence-electron chi connectivity index (χ1n) is 11.8. The summed E-state index contributed by atoms with van der Waals surface area (Å²) in [6.07, 6.45) is 6.08. The van der Waals surface area contributed by atoms with Crippen LogP contribution >= 0.6 is 0 Å². The van der Waals surface area contributed by atoms with Crippen LogP contribution in [-0.4, -0.2) is 65.7 Å². The van der Waals surface area contributed by atoms with Gasteiger partial charge >= 0.3 is 11.9 Å². The van der Waals surface area contributed by atoms with Crippen molar-refractivity contribution in [3.05, 3.63) is 0 Å². The minimum atomic E-state index is -0.627. The molecule has 0 bridgehead atoms. The smallest absolute Gasteiger partial charge is 0.328 e. The van der Waals surface area contributed by atoms with Gasteiger partial charge in [-0.05, 0) is 59.3 Å². The zero-order chi connectivity index (χ0) is 23.2. The van der Waals surface area contributed by atoms with E-state index in [-0.39, 0.29) is 30.5 Å². The molecule has 3 N–H and O–H groups in total. The second-order valence-electron chi connectivity index (χ2n) is 9.69. The molecule has 178 valence electrons. The molecule has 1 saturated carbocycles. The highest BCUT2D eigenvalue weighted by atomic mass is 16.5. The average Bonchev–Trinajstić information content (AvgIpc) is 3.10. The van der Waals surface area contributed by atoms with E-state index in [0.717, 1.165) is 32.1 Å². The summed E-state index contributed by atoms with van der Waals surface area (Å²) in [5.41, 5.74) is 5.34. The van der Waals surface area contributed by atoms with E-state index >= 15 is 0 Å². The summed E-state index contributed by atoms with van der Waals surface area (Å²) in [7, 11) is 0. The Bertz CT molecular complexity index is 633. The summed E-state index contributed by atoms with van der Waals surface area (Å²) < 4.78 is 10.7. The number of rotatable bonds is 10. The fourth-order valence-corrected chi connectivity index (χ4v) is 4.74. The van der Waals surface area contributed by atoms with E-state index in [4.69, 9.17) is 15.2 Å². The van der Waals surface area contributed by atoms with Crippen molar-refractivity contribution in [3.8, 4) is 0 Å². The molecule has 2 aliphatic rings. The van der Waals surface area contributed by atoms with Crippen LogP contribution in [0.5, 0.6) is 0 Å². The highest BCUT2D eigenvalue weighted by Crippen LogP contribution is 2.40. The molecule has 31 heavy (non-hydrogen) atoms. The van der Waals surface area contributed by atoms with Crippen molar-refractivity contribution in [1.29, 1.82) is 0 Å². The van der Waals surface area contributed by atoms with Crippen LogP contribution in [-0.2, 0) is 23.9 Å². The predicted molar refractivity (Wildman–Crippen MR) is 118 cm³/mol. The van der Waals surface area contributed by atoms with E-state index in [1.54, 1.807) is 32.6 Å². The molecular formula is C23H41N3O5. The lowest BCUT2D eigenvalue weighted by molar-refractivity contribution is -0.157. The Labute approximate surface area is 186 Å². The molecule has 8 heteroatoms. The van der Waals surface area contributed by atoms with Crippen LogP contribution < -0.4 is 11.1 Å². The predicted octanol–water partition coefficient (Wildman–Crippen LogP) is 2.14. The molecule has 0 aromatic carbocycles. The fourth-order valence-electron chi connectivity index (χ4n) is 4.74. The number of ether oxygens (including phenoxy) is 2. The number of carbonyl (C=O) groups is 3. The van der Waals surface area contributed by atoms with Gasteiger partial charge in [-0.3, -0.25) is 14.9 Å². The van der Waals surface area contributed by atoms with Crippen LogP contribution in [0.3, 0.4) is 0 Å². The molecule has 1 saturated heterocycles. The lowest BCUT2D eigenvalue weighted by atomic mass is 9.84. The summed E-state index contributed by atoms with van der Waals surface area (Å²) >= 11 is 0. The summed E-state index contributed by atoms with van der Waals surface area (Å²) in [5, 5.41) is 3.15. The lowest BCUT2D eigenvalue weighted by Crippen LogP contribution is -2.56. The molecule has 5 atom stereocenters. The Kier molecular flexibility index (Phi) is 9.30. The average molecular weight is 440 g/mol. The molecular weight excluding hydrogens is 398 g/mol. The van der Waals surface area contributed by atoms with Gasteiger partial charge < -0.3 is 20.1 Å². The number of likely N-dealkylation sites (tertiary alicyclic amines) is 1. The van der Waals surface area contributed by atoms with Gasteiger partial charge in [0.1, 0.15) is 18.7 Å². The number of carbonyl (C=O) groups excluding carboxylic acids is 3. The topological polar surface area (TPSA) is 111 Å². The summed E-state index contributed by atoms with van der Waals surface area (Å²) in [5.74, 6) is -0.579. The largest absolute Gasteiger partial charge is 0.465 e. The van der Waals surface area contributed by atoms with E-state index in [0.29, 0.717) is 25.4 Å². The molecule has 0 unspecified atom stereocenters. The molecule has 0 aromatic rings. The molecule has 1 aliphatic heterocycles. The van der Waals surface area contributed by atoms with Gasteiger partial charge in [0.05, 0.1) is 12.6 Å². The van der Waals surface area contributed by atoms with Gasteiger partial charge in [0, 0.05) is 11.6 Å². The van der Waals surface area contributed by atoms with Gasteiger partial charge in [-0.2, -0.15) is 0 Å². The van der Waals surface area contributed by atoms with Crippen molar-refractivity contribution >= 4 is 17.8 Å². The zero-order valence-corrected chi connectivity index (χ0v) is 19.8. The minimum Gasteiger partial charge on any atom is -0.465 e. The van der Waals surface area contributed by atoms with Gasteiger partial charge in [0.25, 0.3) is 0 Å². The van der Waals surface area contributed by atoms with Crippen molar-refractivity contribution in [1.82, 2.24) is 10.2 Å². The molecule has 0 spiro atoms. The molecule has 1 aliphatic carbocycles. The van der Waals surface area contributed by atoms with Crippen LogP contribution in [0.15, 0.2) is 0 Å². The van der Waals surface area contributed by atoms with Gasteiger partial charge in [0.15, 0.2) is 0 Å². The first kappa shape index (κ1) is 25.6. The maximum Gasteiger partial charge on any atom is 0.328 e. The van der Waals surface area contributed by atoms with Crippen LogP contribution in [0.2, 0.25) is 0 Å². The number of hydrogen-bond donors (Lipinski definition) is 2. The van der Waals surface area contributed by atoms with E-state index in [1.165, 1.54) is 0 Å². The quantitative estimate of drug-likeness (QED) is 0.502. The number of nitrogens with zero attached hydrogens (tertiary/aromatic N) is 1. The minimum absolute atomic E-state index is 0.0427. The van der Waals surface area contributed by atoms with Crippen molar-refractivity contribution in [3.63, 3.8) is 0 Å². The Balaban J connectivity index is 2.15. The number of hydrogen-bond acceptors (Lipinski definition) is 7. The van der Waals surface area contributed by atoms with Crippen LogP contribution in [0, 0.1) is 5.92 Å². The van der Waals surface area contributed by atoms with E-state index < -0.39 is 23.7 Å².